The minimum absolute atomic E-state index is 0. The Morgan fingerprint density at radius 1 is 1.54 bits per heavy atom. The molecule has 0 atom stereocenters. The number of nitrogen functional groups attached to an aromatic ring is 1. The zero-order valence-electron chi connectivity index (χ0n) is 7.00. The number of methoxy groups -OCH3 is 1. The van der Waals surface area contributed by atoms with Gasteiger partial charge in [0.1, 0.15) is 5.84 Å². The van der Waals surface area contributed by atoms with Gasteiger partial charge in [-0.25, -0.2) is 4.39 Å². The molecule has 3 nitrogen and oxygen atoms in total. The lowest BCUT2D eigenvalue weighted by Gasteiger charge is -2.04. The molecule has 0 heterocycles. The molecule has 0 saturated heterocycles. The van der Waals surface area contributed by atoms with Crippen LogP contribution in [0.5, 0.6) is 5.75 Å². The first kappa shape index (κ1) is 11.7. The van der Waals surface area contributed by atoms with Gasteiger partial charge in [-0.1, -0.05) is 6.07 Å². The van der Waals surface area contributed by atoms with Gasteiger partial charge < -0.3 is 10.5 Å². The zero-order valence-corrected chi connectivity index (χ0v) is 7.82. The molecule has 13 heavy (non-hydrogen) atoms. The third-order valence-corrected chi connectivity index (χ3v) is 1.47. The molecule has 0 aliphatic carbocycles. The minimum Gasteiger partial charge on any atom is -0.494 e. The first-order valence-corrected chi connectivity index (χ1v) is 3.33. The van der Waals surface area contributed by atoms with Gasteiger partial charge in [-0.3, -0.25) is 5.41 Å². The van der Waals surface area contributed by atoms with E-state index in [1.165, 1.54) is 19.2 Å². The van der Waals surface area contributed by atoms with Crippen molar-refractivity contribution in [1.82, 2.24) is 0 Å². The molecule has 0 amide bonds. The number of hydrogen-bond donors (Lipinski definition) is 2. The van der Waals surface area contributed by atoms with Crippen molar-refractivity contribution >= 4 is 18.2 Å². The monoisotopic (exact) mass is 204 g/mol. The van der Waals surface area contributed by atoms with Crippen LogP contribution < -0.4 is 10.5 Å². The minimum atomic E-state index is -0.590. The number of halogens is 2. The molecule has 0 spiro atoms. The highest BCUT2D eigenvalue weighted by molar-refractivity contribution is 5.95. The molecular weight excluding hydrogens is 195 g/mol. The maximum absolute atomic E-state index is 13.2. The molecule has 0 aliphatic heterocycles. The number of benzene rings is 1. The Morgan fingerprint density at radius 3 is 2.62 bits per heavy atom. The first-order chi connectivity index (χ1) is 5.66. The summed E-state index contributed by atoms with van der Waals surface area (Å²) in [6.45, 7) is 0. The van der Waals surface area contributed by atoms with Crippen molar-refractivity contribution in [3.63, 3.8) is 0 Å². The number of nitrogens with two attached hydrogens (primary N) is 1. The van der Waals surface area contributed by atoms with E-state index >= 15 is 0 Å². The molecule has 0 aliphatic rings. The van der Waals surface area contributed by atoms with E-state index in [0.717, 1.165) is 0 Å². The van der Waals surface area contributed by atoms with Crippen LogP contribution in [0.4, 0.5) is 4.39 Å². The van der Waals surface area contributed by atoms with Crippen LogP contribution >= 0.6 is 12.4 Å². The molecule has 5 heteroatoms. The second kappa shape index (κ2) is 4.67. The van der Waals surface area contributed by atoms with Crippen LogP contribution in [0.3, 0.4) is 0 Å². The molecule has 0 fully saturated rings. The average molecular weight is 205 g/mol. The van der Waals surface area contributed by atoms with E-state index in [2.05, 4.69) is 0 Å². The standard InChI is InChI=1S/C8H9FN2O.ClH/c1-12-6-4-2-3-5(7(6)9)8(10)11;/h2-4H,1H3,(H3,10,11);1H. The second-order valence-electron chi connectivity index (χ2n) is 2.24. The van der Waals surface area contributed by atoms with Crippen LogP contribution in [0.25, 0.3) is 0 Å². The lowest BCUT2D eigenvalue weighted by molar-refractivity contribution is 0.386. The Labute approximate surface area is 81.6 Å². The highest BCUT2D eigenvalue weighted by atomic mass is 35.5. The third kappa shape index (κ3) is 2.32. The average Bonchev–Trinajstić information content (AvgIpc) is 2.04. The normalized spacial score (nSPS) is 8.77. The summed E-state index contributed by atoms with van der Waals surface area (Å²) in [5.41, 5.74) is 5.19. The Kier molecular flexibility index (Phi) is 4.20. The van der Waals surface area contributed by atoms with Crippen LogP contribution in [0.2, 0.25) is 0 Å². The van der Waals surface area contributed by atoms with Crippen LogP contribution in [0.1, 0.15) is 5.56 Å². The van der Waals surface area contributed by atoms with E-state index in [4.69, 9.17) is 15.9 Å². The summed E-state index contributed by atoms with van der Waals surface area (Å²) < 4.78 is 17.9. The smallest absolute Gasteiger partial charge is 0.175 e. The van der Waals surface area contributed by atoms with Gasteiger partial charge in [0.15, 0.2) is 11.6 Å². The Morgan fingerprint density at radius 2 is 2.15 bits per heavy atom. The molecule has 0 saturated carbocycles. The number of ether oxygens (including phenoxy) is 1. The summed E-state index contributed by atoms with van der Waals surface area (Å²) in [5.74, 6) is -0.790. The summed E-state index contributed by atoms with van der Waals surface area (Å²) in [6.07, 6.45) is 0. The van der Waals surface area contributed by atoms with Crippen LogP contribution in [-0.2, 0) is 0 Å². The SMILES string of the molecule is COc1cccc(C(=N)N)c1F.Cl. The molecule has 0 aromatic heterocycles. The van der Waals surface area contributed by atoms with Gasteiger partial charge in [0, 0.05) is 0 Å². The quantitative estimate of drug-likeness (QED) is 0.567. The van der Waals surface area contributed by atoms with Crippen molar-refractivity contribution < 1.29 is 9.13 Å². The number of nitrogens with one attached hydrogen (secondary N) is 1. The molecule has 0 radical (unpaired) electrons. The largest absolute Gasteiger partial charge is 0.494 e. The van der Waals surface area contributed by atoms with Crippen LogP contribution in [0, 0.1) is 11.2 Å². The molecule has 0 bridgehead atoms. The second-order valence-corrected chi connectivity index (χ2v) is 2.24. The van der Waals surface area contributed by atoms with Crippen molar-refractivity contribution in [2.45, 2.75) is 0 Å². The summed E-state index contributed by atoms with van der Waals surface area (Å²) in [5, 5.41) is 7.03. The van der Waals surface area contributed by atoms with Gasteiger partial charge in [-0.15, -0.1) is 12.4 Å². The number of hydrogen-bond acceptors (Lipinski definition) is 2. The third-order valence-electron chi connectivity index (χ3n) is 1.47. The Bertz CT molecular complexity index is 317. The highest BCUT2D eigenvalue weighted by Gasteiger charge is 2.09. The van der Waals surface area contributed by atoms with Gasteiger partial charge in [-0.05, 0) is 12.1 Å². The Hall–Kier alpha value is -1.29. The van der Waals surface area contributed by atoms with Gasteiger partial charge >= 0.3 is 0 Å². The van der Waals surface area contributed by atoms with E-state index in [-0.39, 0.29) is 29.6 Å². The summed E-state index contributed by atoms with van der Waals surface area (Å²) in [4.78, 5) is 0. The van der Waals surface area contributed by atoms with Crippen molar-refractivity contribution in [3.05, 3.63) is 29.6 Å². The van der Waals surface area contributed by atoms with Gasteiger partial charge in [0.25, 0.3) is 0 Å². The van der Waals surface area contributed by atoms with Crippen molar-refractivity contribution in [2.75, 3.05) is 7.11 Å². The summed E-state index contributed by atoms with van der Waals surface area (Å²) >= 11 is 0. The molecule has 1 aromatic carbocycles. The van der Waals surface area contributed by atoms with Crippen molar-refractivity contribution in [2.24, 2.45) is 5.73 Å². The van der Waals surface area contributed by atoms with Gasteiger partial charge in [0.05, 0.1) is 12.7 Å². The van der Waals surface area contributed by atoms with Gasteiger partial charge in [-0.2, -0.15) is 0 Å². The fourth-order valence-corrected chi connectivity index (χ4v) is 0.876. The topological polar surface area (TPSA) is 59.1 Å². The van der Waals surface area contributed by atoms with E-state index in [1.54, 1.807) is 6.07 Å². The lowest BCUT2D eigenvalue weighted by atomic mass is 10.2. The van der Waals surface area contributed by atoms with E-state index in [9.17, 15) is 4.39 Å². The molecule has 1 rings (SSSR count). The van der Waals surface area contributed by atoms with E-state index < -0.39 is 5.82 Å². The first-order valence-electron chi connectivity index (χ1n) is 3.33. The van der Waals surface area contributed by atoms with Crippen molar-refractivity contribution in [3.8, 4) is 5.75 Å². The highest BCUT2D eigenvalue weighted by Crippen LogP contribution is 2.18. The zero-order chi connectivity index (χ0) is 9.14. The van der Waals surface area contributed by atoms with Crippen LogP contribution in [0.15, 0.2) is 18.2 Å². The maximum atomic E-state index is 13.2. The fraction of sp³-hybridized carbons (Fsp3) is 0.125. The predicted molar refractivity (Wildman–Crippen MR) is 51.2 cm³/mol. The fourth-order valence-electron chi connectivity index (χ4n) is 0.876. The molecule has 72 valence electrons. The maximum Gasteiger partial charge on any atom is 0.175 e. The predicted octanol–water partition coefficient (Wildman–Crippen LogP) is 1.54. The summed E-state index contributed by atoms with van der Waals surface area (Å²) in [6, 6.07) is 4.49. The van der Waals surface area contributed by atoms with Crippen LogP contribution in [-0.4, -0.2) is 12.9 Å². The molecule has 3 N–H and O–H groups in total. The van der Waals surface area contributed by atoms with E-state index in [0.29, 0.717) is 0 Å². The van der Waals surface area contributed by atoms with Gasteiger partial charge in [0.2, 0.25) is 0 Å². The van der Waals surface area contributed by atoms with Crippen molar-refractivity contribution in [1.29, 1.82) is 5.41 Å². The molecule has 0 unspecified atom stereocenters. The number of amidine groups is 1. The molecular formula is C8H10ClFN2O. The lowest BCUT2D eigenvalue weighted by Crippen LogP contribution is -2.13. The molecule has 1 aromatic rings. The number of rotatable bonds is 2. The Balaban J connectivity index is 0.00000144. The van der Waals surface area contributed by atoms with E-state index in [1.807, 2.05) is 0 Å². The summed E-state index contributed by atoms with van der Waals surface area (Å²) in [7, 11) is 1.36.